The van der Waals surface area contributed by atoms with Gasteiger partial charge in [0.05, 0.1) is 12.0 Å². The third-order valence-corrected chi connectivity index (χ3v) is 5.75. The molecule has 1 amide bonds. The maximum absolute atomic E-state index is 12.7. The summed E-state index contributed by atoms with van der Waals surface area (Å²) in [6.45, 7) is 2.98. The zero-order valence-electron chi connectivity index (χ0n) is 15.2. The van der Waals surface area contributed by atoms with E-state index in [0.717, 1.165) is 25.1 Å². The molecule has 0 saturated carbocycles. The van der Waals surface area contributed by atoms with Crippen LogP contribution in [0.25, 0.3) is 17.3 Å². The summed E-state index contributed by atoms with van der Waals surface area (Å²) < 4.78 is 7.46. The number of benzene rings is 1. The van der Waals surface area contributed by atoms with E-state index < -0.39 is 0 Å². The SMILES string of the molecule is CC1CCCCN1C(=O)CSc1nnc(-c2ccco2)n1-c1ccccc1. The van der Waals surface area contributed by atoms with Gasteiger partial charge in [0.15, 0.2) is 10.9 Å². The minimum absolute atomic E-state index is 0.161. The fraction of sp³-hybridized carbons (Fsp3) is 0.350. The van der Waals surface area contributed by atoms with Crippen molar-refractivity contribution >= 4 is 17.7 Å². The summed E-state index contributed by atoms with van der Waals surface area (Å²) in [6.07, 6.45) is 4.99. The highest BCUT2D eigenvalue weighted by Gasteiger charge is 2.24. The lowest BCUT2D eigenvalue weighted by Crippen LogP contribution is -2.42. The monoisotopic (exact) mass is 382 g/mol. The second-order valence-electron chi connectivity index (χ2n) is 6.68. The van der Waals surface area contributed by atoms with Crippen molar-refractivity contribution in [3.8, 4) is 17.3 Å². The van der Waals surface area contributed by atoms with Crippen molar-refractivity contribution in [3.63, 3.8) is 0 Å². The number of carbonyl (C=O) groups is 1. The number of nitrogens with zero attached hydrogens (tertiary/aromatic N) is 4. The maximum Gasteiger partial charge on any atom is 0.233 e. The molecule has 2 aromatic heterocycles. The van der Waals surface area contributed by atoms with Gasteiger partial charge in [0.2, 0.25) is 11.7 Å². The van der Waals surface area contributed by atoms with E-state index in [2.05, 4.69) is 17.1 Å². The molecule has 0 spiro atoms. The molecule has 0 bridgehead atoms. The molecule has 3 aromatic rings. The summed E-state index contributed by atoms with van der Waals surface area (Å²) in [7, 11) is 0. The first-order chi connectivity index (χ1) is 13.2. The Bertz CT molecular complexity index is 892. The van der Waals surface area contributed by atoms with Crippen LogP contribution in [0.5, 0.6) is 0 Å². The Morgan fingerprint density at radius 3 is 2.78 bits per heavy atom. The molecule has 0 radical (unpaired) electrons. The summed E-state index contributed by atoms with van der Waals surface area (Å²) in [5, 5.41) is 9.33. The number of hydrogen-bond acceptors (Lipinski definition) is 5. The quantitative estimate of drug-likeness (QED) is 0.624. The number of thioether (sulfide) groups is 1. The summed E-state index contributed by atoms with van der Waals surface area (Å²) >= 11 is 1.42. The Morgan fingerprint density at radius 1 is 1.19 bits per heavy atom. The number of amides is 1. The zero-order valence-corrected chi connectivity index (χ0v) is 16.1. The van der Waals surface area contributed by atoms with Gasteiger partial charge in [-0.3, -0.25) is 9.36 Å². The van der Waals surface area contributed by atoms with Gasteiger partial charge in [0.25, 0.3) is 0 Å². The van der Waals surface area contributed by atoms with Crippen LogP contribution >= 0.6 is 11.8 Å². The van der Waals surface area contributed by atoms with Crippen molar-refractivity contribution in [2.75, 3.05) is 12.3 Å². The molecule has 1 aliphatic heterocycles. The smallest absolute Gasteiger partial charge is 0.233 e. The van der Waals surface area contributed by atoms with Crippen molar-refractivity contribution in [1.29, 1.82) is 0 Å². The number of carbonyl (C=O) groups excluding carboxylic acids is 1. The number of rotatable bonds is 5. The number of aromatic nitrogens is 3. The van der Waals surface area contributed by atoms with E-state index in [-0.39, 0.29) is 5.91 Å². The molecular formula is C20H22N4O2S. The average Bonchev–Trinajstić information content (AvgIpc) is 3.36. The van der Waals surface area contributed by atoms with Crippen LogP contribution in [0.2, 0.25) is 0 Å². The van der Waals surface area contributed by atoms with Crippen LogP contribution in [0, 0.1) is 0 Å². The number of likely N-dealkylation sites (tertiary alicyclic amines) is 1. The molecule has 1 atom stereocenters. The summed E-state index contributed by atoms with van der Waals surface area (Å²) in [4.78, 5) is 14.7. The van der Waals surface area contributed by atoms with Gasteiger partial charge in [0.1, 0.15) is 0 Å². The molecule has 1 fully saturated rings. The third-order valence-electron chi connectivity index (χ3n) is 4.84. The van der Waals surface area contributed by atoms with Gasteiger partial charge in [-0.1, -0.05) is 30.0 Å². The number of piperidine rings is 1. The van der Waals surface area contributed by atoms with Crippen LogP contribution in [-0.2, 0) is 4.79 Å². The molecule has 140 valence electrons. The molecule has 0 N–H and O–H groups in total. The predicted molar refractivity (Wildman–Crippen MR) is 105 cm³/mol. The van der Waals surface area contributed by atoms with Crippen LogP contribution in [0.15, 0.2) is 58.3 Å². The lowest BCUT2D eigenvalue weighted by atomic mass is 10.0. The largest absolute Gasteiger partial charge is 0.461 e. The maximum atomic E-state index is 12.7. The topological polar surface area (TPSA) is 64.2 Å². The summed E-state index contributed by atoms with van der Waals surface area (Å²) in [5.41, 5.74) is 0.940. The standard InChI is InChI=1S/C20H22N4O2S/c1-15-8-5-6-12-23(15)18(25)14-27-20-22-21-19(17-11-7-13-26-17)24(20)16-9-3-2-4-10-16/h2-4,7,9-11,13,15H,5-6,8,12,14H2,1H3. The molecule has 1 aromatic carbocycles. The predicted octanol–water partition coefficient (Wildman–Crippen LogP) is 4.02. The number of para-hydroxylation sites is 1. The normalized spacial score (nSPS) is 17.2. The van der Waals surface area contributed by atoms with Gasteiger partial charge in [-0.15, -0.1) is 10.2 Å². The molecule has 27 heavy (non-hydrogen) atoms. The lowest BCUT2D eigenvalue weighted by molar-refractivity contribution is -0.131. The molecular weight excluding hydrogens is 360 g/mol. The third kappa shape index (κ3) is 3.78. The van der Waals surface area contributed by atoms with E-state index in [1.165, 1.54) is 18.2 Å². The van der Waals surface area contributed by atoms with Crippen LogP contribution < -0.4 is 0 Å². The summed E-state index contributed by atoms with van der Waals surface area (Å²) in [5.74, 6) is 1.80. The van der Waals surface area contributed by atoms with Crippen molar-refractivity contribution in [1.82, 2.24) is 19.7 Å². The van der Waals surface area contributed by atoms with Crippen LogP contribution in [0.4, 0.5) is 0 Å². The van der Waals surface area contributed by atoms with E-state index >= 15 is 0 Å². The Kier molecular flexibility index (Phi) is 5.29. The molecule has 1 saturated heterocycles. The second kappa shape index (κ2) is 8.00. The van der Waals surface area contributed by atoms with Gasteiger partial charge in [-0.05, 0) is 50.5 Å². The molecule has 1 unspecified atom stereocenters. The highest BCUT2D eigenvalue weighted by atomic mass is 32.2. The Labute approximate surface area is 162 Å². The zero-order chi connectivity index (χ0) is 18.6. The van der Waals surface area contributed by atoms with Gasteiger partial charge >= 0.3 is 0 Å². The molecule has 7 heteroatoms. The van der Waals surface area contributed by atoms with Crippen molar-refractivity contribution in [2.24, 2.45) is 0 Å². The minimum atomic E-state index is 0.161. The summed E-state index contributed by atoms with van der Waals surface area (Å²) in [6, 6.07) is 13.9. The Morgan fingerprint density at radius 2 is 2.04 bits per heavy atom. The lowest BCUT2D eigenvalue weighted by Gasteiger charge is -2.33. The molecule has 6 nitrogen and oxygen atoms in total. The highest BCUT2D eigenvalue weighted by molar-refractivity contribution is 7.99. The fourth-order valence-corrected chi connectivity index (χ4v) is 4.25. The molecule has 0 aliphatic carbocycles. The first-order valence-electron chi connectivity index (χ1n) is 9.21. The van der Waals surface area contributed by atoms with E-state index in [0.29, 0.717) is 28.5 Å². The minimum Gasteiger partial charge on any atom is -0.461 e. The van der Waals surface area contributed by atoms with Crippen molar-refractivity contribution in [3.05, 3.63) is 48.7 Å². The highest BCUT2D eigenvalue weighted by Crippen LogP contribution is 2.28. The van der Waals surface area contributed by atoms with Crippen molar-refractivity contribution < 1.29 is 9.21 Å². The van der Waals surface area contributed by atoms with E-state index in [4.69, 9.17) is 4.42 Å². The van der Waals surface area contributed by atoms with Gasteiger partial charge < -0.3 is 9.32 Å². The Hall–Kier alpha value is -2.54. The molecule has 4 rings (SSSR count). The Balaban J connectivity index is 1.58. The van der Waals surface area contributed by atoms with Gasteiger partial charge in [-0.2, -0.15) is 0 Å². The fourth-order valence-electron chi connectivity index (χ4n) is 3.42. The molecule has 1 aliphatic rings. The first kappa shape index (κ1) is 17.9. The van der Waals surface area contributed by atoms with Crippen LogP contribution in [0.3, 0.4) is 0 Å². The molecule has 3 heterocycles. The van der Waals surface area contributed by atoms with Gasteiger partial charge in [0, 0.05) is 18.3 Å². The van der Waals surface area contributed by atoms with Crippen molar-refractivity contribution in [2.45, 2.75) is 37.4 Å². The number of hydrogen-bond donors (Lipinski definition) is 0. The van der Waals surface area contributed by atoms with Gasteiger partial charge in [-0.25, -0.2) is 0 Å². The van der Waals surface area contributed by atoms with Crippen LogP contribution in [-0.4, -0.2) is 43.9 Å². The average molecular weight is 382 g/mol. The number of furan rings is 1. The van der Waals surface area contributed by atoms with E-state index in [9.17, 15) is 4.79 Å². The van der Waals surface area contributed by atoms with Crippen LogP contribution in [0.1, 0.15) is 26.2 Å². The first-order valence-corrected chi connectivity index (χ1v) is 10.2. The van der Waals surface area contributed by atoms with E-state index in [1.54, 1.807) is 6.26 Å². The van der Waals surface area contributed by atoms with E-state index in [1.807, 2.05) is 51.9 Å². The second-order valence-corrected chi connectivity index (χ2v) is 7.62.